The smallest absolute Gasteiger partial charge is 0.326 e. The number of nitrogens with one attached hydrogen (secondary N) is 1. The molecule has 21 heavy (non-hydrogen) atoms. The highest BCUT2D eigenvalue weighted by atomic mass is 16.5. The summed E-state index contributed by atoms with van der Waals surface area (Å²) in [6, 6.07) is 13.3. The van der Waals surface area contributed by atoms with Crippen molar-refractivity contribution in [3.05, 3.63) is 54.1 Å². The van der Waals surface area contributed by atoms with E-state index in [-0.39, 0.29) is 5.75 Å². The first-order valence-corrected chi connectivity index (χ1v) is 6.50. The van der Waals surface area contributed by atoms with Crippen molar-refractivity contribution in [2.75, 3.05) is 12.4 Å². The molecule has 1 unspecified atom stereocenters. The molecular weight excluding hydrogens is 270 g/mol. The summed E-state index contributed by atoms with van der Waals surface area (Å²) in [5.41, 5.74) is 1.51. The molecule has 3 N–H and O–H groups in total. The minimum atomic E-state index is -0.939. The van der Waals surface area contributed by atoms with Gasteiger partial charge in [-0.05, 0) is 17.7 Å². The summed E-state index contributed by atoms with van der Waals surface area (Å²) in [7, 11) is 1.44. The summed E-state index contributed by atoms with van der Waals surface area (Å²) in [6.07, 6.45) is 0.360. The van der Waals surface area contributed by atoms with Gasteiger partial charge in [-0.3, -0.25) is 0 Å². The van der Waals surface area contributed by atoms with E-state index >= 15 is 0 Å². The lowest BCUT2D eigenvalue weighted by Crippen LogP contribution is -2.31. The molecule has 0 saturated carbocycles. The van der Waals surface area contributed by atoms with Crippen molar-refractivity contribution in [3.63, 3.8) is 0 Å². The minimum absolute atomic E-state index is 0.0120. The summed E-state index contributed by atoms with van der Waals surface area (Å²) in [6.45, 7) is 0. The highest BCUT2D eigenvalue weighted by molar-refractivity contribution is 5.78. The minimum Gasteiger partial charge on any atom is -0.504 e. The number of carboxylic acids is 1. The first-order valence-electron chi connectivity index (χ1n) is 6.50. The van der Waals surface area contributed by atoms with Crippen molar-refractivity contribution < 1.29 is 19.7 Å². The van der Waals surface area contributed by atoms with E-state index in [0.29, 0.717) is 17.9 Å². The van der Waals surface area contributed by atoms with E-state index in [1.54, 1.807) is 12.1 Å². The van der Waals surface area contributed by atoms with Crippen LogP contribution in [0.4, 0.5) is 5.69 Å². The monoisotopic (exact) mass is 287 g/mol. The van der Waals surface area contributed by atoms with Crippen LogP contribution in [0.25, 0.3) is 0 Å². The molecular formula is C16H17NO4. The molecule has 2 aromatic rings. The van der Waals surface area contributed by atoms with Gasteiger partial charge in [-0.25, -0.2) is 4.79 Å². The number of hydrogen-bond acceptors (Lipinski definition) is 4. The number of carbonyl (C=O) groups is 1. The van der Waals surface area contributed by atoms with Crippen molar-refractivity contribution >= 4 is 11.7 Å². The molecule has 0 aliphatic carbocycles. The van der Waals surface area contributed by atoms with Gasteiger partial charge in [-0.1, -0.05) is 30.3 Å². The molecule has 2 aromatic carbocycles. The first-order chi connectivity index (χ1) is 10.1. The normalized spacial score (nSPS) is 11.7. The number of hydrogen-bond donors (Lipinski definition) is 3. The summed E-state index contributed by atoms with van der Waals surface area (Å²) in [4.78, 5) is 11.4. The van der Waals surface area contributed by atoms with Gasteiger partial charge in [0.05, 0.1) is 7.11 Å². The lowest BCUT2D eigenvalue weighted by Gasteiger charge is -2.16. The Bertz CT molecular complexity index is 613. The van der Waals surface area contributed by atoms with E-state index in [9.17, 15) is 15.0 Å². The van der Waals surface area contributed by atoms with Crippen LogP contribution in [0.2, 0.25) is 0 Å². The van der Waals surface area contributed by atoms with Crippen LogP contribution >= 0.6 is 0 Å². The second-order valence-corrected chi connectivity index (χ2v) is 4.61. The third kappa shape index (κ3) is 3.89. The van der Waals surface area contributed by atoms with Crippen LogP contribution in [-0.2, 0) is 11.2 Å². The first kappa shape index (κ1) is 14.7. The van der Waals surface area contributed by atoms with Crippen LogP contribution < -0.4 is 10.1 Å². The predicted octanol–water partition coefficient (Wildman–Crippen LogP) is 2.51. The molecule has 0 aromatic heterocycles. The van der Waals surface area contributed by atoms with Crippen molar-refractivity contribution in [3.8, 4) is 11.5 Å². The number of aromatic hydroxyl groups is 1. The van der Waals surface area contributed by atoms with Crippen molar-refractivity contribution in [2.45, 2.75) is 12.5 Å². The fourth-order valence-electron chi connectivity index (χ4n) is 2.02. The van der Waals surface area contributed by atoms with Crippen LogP contribution in [-0.4, -0.2) is 29.3 Å². The zero-order valence-corrected chi connectivity index (χ0v) is 11.6. The molecule has 0 heterocycles. The van der Waals surface area contributed by atoms with E-state index < -0.39 is 12.0 Å². The highest BCUT2D eigenvalue weighted by Crippen LogP contribution is 2.29. The quantitative estimate of drug-likeness (QED) is 0.711. The van der Waals surface area contributed by atoms with E-state index in [4.69, 9.17) is 4.74 Å². The van der Waals surface area contributed by atoms with Crippen molar-refractivity contribution in [2.24, 2.45) is 0 Å². The lowest BCUT2D eigenvalue weighted by molar-refractivity contribution is -0.137. The average Bonchev–Trinajstić information content (AvgIpc) is 2.49. The topological polar surface area (TPSA) is 78.8 Å². The number of phenols is 1. The molecule has 0 aliphatic rings. The van der Waals surface area contributed by atoms with Crippen molar-refractivity contribution in [1.29, 1.82) is 0 Å². The van der Waals surface area contributed by atoms with Gasteiger partial charge in [-0.15, -0.1) is 0 Å². The average molecular weight is 287 g/mol. The molecule has 5 nitrogen and oxygen atoms in total. The summed E-state index contributed by atoms with van der Waals surface area (Å²) in [5, 5.41) is 21.8. The van der Waals surface area contributed by atoms with Gasteiger partial charge in [0.1, 0.15) is 6.04 Å². The van der Waals surface area contributed by atoms with Gasteiger partial charge in [0.15, 0.2) is 11.5 Å². The van der Waals surface area contributed by atoms with Gasteiger partial charge in [-0.2, -0.15) is 0 Å². The van der Waals surface area contributed by atoms with Gasteiger partial charge >= 0.3 is 5.97 Å². The Morgan fingerprint density at radius 3 is 2.57 bits per heavy atom. The number of phenolic OH excluding ortho intramolecular Hbond substituents is 1. The van der Waals surface area contributed by atoms with E-state index in [1.807, 2.05) is 30.3 Å². The third-order valence-corrected chi connectivity index (χ3v) is 3.10. The molecule has 0 saturated heterocycles. The third-order valence-electron chi connectivity index (χ3n) is 3.10. The Balaban J connectivity index is 2.15. The second-order valence-electron chi connectivity index (χ2n) is 4.61. The van der Waals surface area contributed by atoms with Crippen LogP contribution in [0.3, 0.4) is 0 Å². The number of carboxylic acid groups (broad SMARTS) is 1. The Hall–Kier alpha value is -2.69. The number of methoxy groups -OCH3 is 1. The fraction of sp³-hybridized carbons (Fsp3) is 0.188. The van der Waals surface area contributed by atoms with Crippen LogP contribution in [0.15, 0.2) is 48.5 Å². The zero-order valence-electron chi connectivity index (χ0n) is 11.6. The molecule has 1 atom stereocenters. The summed E-state index contributed by atoms with van der Waals surface area (Å²) < 4.78 is 5.01. The van der Waals surface area contributed by atoms with E-state index in [1.165, 1.54) is 13.2 Å². The maximum atomic E-state index is 11.4. The molecule has 0 spiro atoms. The fourth-order valence-corrected chi connectivity index (χ4v) is 2.02. The number of anilines is 1. The lowest BCUT2D eigenvalue weighted by atomic mass is 10.1. The molecule has 0 radical (unpaired) electrons. The molecule has 110 valence electrons. The standard InChI is InChI=1S/C16H17NO4/c1-21-15-10-12(7-8-14(15)18)17-13(16(19)20)9-11-5-3-2-4-6-11/h2-8,10,13,17-18H,9H2,1H3,(H,19,20). The van der Waals surface area contributed by atoms with Crippen molar-refractivity contribution in [1.82, 2.24) is 0 Å². The van der Waals surface area contributed by atoms with Crippen LogP contribution in [0, 0.1) is 0 Å². The highest BCUT2D eigenvalue weighted by Gasteiger charge is 2.18. The molecule has 5 heteroatoms. The van der Waals surface area contributed by atoms with Crippen LogP contribution in [0.1, 0.15) is 5.56 Å². The largest absolute Gasteiger partial charge is 0.504 e. The molecule has 0 fully saturated rings. The Morgan fingerprint density at radius 2 is 1.95 bits per heavy atom. The van der Waals surface area contributed by atoms with Gasteiger partial charge in [0.25, 0.3) is 0 Å². The van der Waals surface area contributed by atoms with E-state index in [0.717, 1.165) is 5.56 Å². The maximum Gasteiger partial charge on any atom is 0.326 e. The number of ether oxygens (including phenoxy) is 1. The Labute approximate surface area is 122 Å². The molecule has 2 rings (SSSR count). The maximum absolute atomic E-state index is 11.4. The summed E-state index contributed by atoms with van der Waals surface area (Å²) in [5.74, 6) is -0.632. The number of rotatable bonds is 6. The number of benzene rings is 2. The second kappa shape index (κ2) is 6.65. The molecule has 0 amide bonds. The molecule has 0 bridgehead atoms. The number of aliphatic carboxylic acids is 1. The SMILES string of the molecule is COc1cc(NC(Cc2ccccc2)C(=O)O)ccc1O. The predicted molar refractivity (Wildman–Crippen MR) is 79.9 cm³/mol. The summed E-state index contributed by atoms with van der Waals surface area (Å²) >= 11 is 0. The zero-order chi connectivity index (χ0) is 15.2. The van der Waals surface area contributed by atoms with Gasteiger partial charge in [0, 0.05) is 18.2 Å². The van der Waals surface area contributed by atoms with E-state index in [2.05, 4.69) is 5.32 Å². The Kier molecular flexibility index (Phi) is 4.66. The van der Waals surface area contributed by atoms with Gasteiger partial charge in [0.2, 0.25) is 0 Å². The molecule has 0 aliphatic heterocycles. The van der Waals surface area contributed by atoms with Gasteiger partial charge < -0.3 is 20.3 Å². The Morgan fingerprint density at radius 1 is 1.24 bits per heavy atom. The van der Waals surface area contributed by atoms with Crippen LogP contribution in [0.5, 0.6) is 11.5 Å².